The molecule has 504 valence electrons. The fourth-order valence-electron chi connectivity index (χ4n) is 22.1. The summed E-state index contributed by atoms with van der Waals surface area (Å²) in [4.78, 5) is 79.7. The molecule has 9 fully saturated rings. The molecule has 17 unspecified atom stereocenters. The van der Waals surface area contributed by atoms with Crippen LogP contribution in [0.15, 0.2) is 45.6 Å². The highest BCUT2D eigenvalue weighted by molar-refractivity contribution is 6.13. The molecule has 0 amide bonds. The summed E-state index contributed by atoms with van der Waals surface area (Å²) in [5.41, 5.74) is -24.3. The number of carbonyl (C=O) groups excluding carboxylic acids is 6. The first-order valence-corrected chi connectivity index (χ1v) is 32.4. The van der Waals surface area contributed by atoms with Gasteiger partial charge in [-0.1, -0.05) is 55.5 Å². The third-order valence-corrected chi connectivity index (χ3v) is 25.6. The first-order chi connectivity index (χ1) is 41.3. The topological polar surface area (TPSA) is 307 Å². The van der Waals surface area contributed by atoms with E-state index in [0.29, 0.717) is 86.2 Å². The lowest BCUT2D eigenvalue weighted by Crippen LogP contribution is -2.78. The summed E-state index contributed by atoms with van der Waals surface area (Å²) < 4.78 is 55.9. The first-order valence-electron chi connectivity index (χ1n) is 32.4. The zero-order valence-corrected chi connectivity index (χ0v) is 55.6. The highest BCUT2D eigenvalue weighted by Crippen LogP contribution is 2.81. The molecule has 0 aromatic heterocycles. The Morgan fingerprint density at radius 1 is 0.444 bits per heavy atom. The highest BCUT2D eigenvalue weighted by Gasteiger charge is 3.00. The number of hydrogen-bond acceptors (Lipinski definition) is 21. The maximum Gasteiger partial charge on any atom is 0.307 e. The fourth-order valence-corrected chi connectivity index (χ4v) is 22.1. The lowest BCUT2D eigenvalue weighted by atomic mass is 9.55. The molecule has 12 aliphatic rings. The Kier molecular flexibility index (Phi) is 16.7. The molecular weight excluding hydrogens is 1160 g/mol. The van der Waals surface area contributed by atoms with E-state index in [-0.39, 0.29) is 75.4 Å². The summed E-state index contributed by atoms with van der Waals surface area (Å²) >= 11 is 0. The largest absolute Gasteiger partial charge is 0.449 e. The smallest absolute Gasteiger partial charge is 0.307 e. The van der Waals surface area contributed by atoms with Crippen molar-refractivity contribution in [2.75, 3.05) is 39.6 Å². The van der Waals surface area contributed by atoms with E-state index >= 15 is 0 Å². The maximum absolute atomic E-state index is 13.9. The van der Waals surface area contributed by atoms with Crippen LogP contribution in [0, 0.1) is 34.0 Å². The van der Waals surface area contributed by atoms with Crippen LogP contribution < -0.4 is 0 Å². The third-order valence-electron chi connectivity index (χ3n) is 25.6. The second-order valence-electron chi connectivity index (χ2n) is 28.6. The van der Waals surface area contributed by atoms with Crippen molar-refractivity contribution in [3.63, 3.8) is 0 Å². The van der Waals surface area contributed by atoms with E-state index < -0.39 is 137 Å². The molecule has 3 saturated heterocycles. The fraction of sp³-hybridized carbons (Fsp3) is 0.797. The Balaban J connectivity index is 0.000000159. The minimum atomic E-state index is -2.32. The number of Topliss-reactive ketones (excluding diaryl/α,β-unsaturated/α-hetero) is 3. The van der Waals surface area contributed by atoms with E-state index in [1.54, 1.807) is 62.3 Å². The lowest BCUT2D eigenvalue weighted by Gasteiger charge is -2.62. The van der Waals surface area contributed by atoms with Gasteiger partial charge in [-0.05, 0) is 173 Å². The van der Waals surface area contributed by atoms with Crippen molar-refractivity contribution in [3.8, 4) is 0 Å². The molecule has 6 N–H and O–H groups in total. The molecule has 21 heteroatoms. The number of hydrogen-bond donors (Lipinski definition) is 6. The van der Waals surface area contributed by atoms with Crippen LogP contribution in [-0.4, -0.2) is 191 Å². The van der Waals surface area contributed by atoms with Gasteiger partial charge in [0.05, 0.1) is 35.5 Å². The second kappa shape index (κ2) is 21.5. The van der Waals surface area contributed by atoms with Gasteiger partial charge in [0.25, 0.3) is 0 Å². The van der Waals surface area contributed by atoms with Gasteiger partial charge >= 0.3 is 17.9 Å². The van der Waals surface area contributed by atoms with Crippen molar-refractivity contribution in [3.05, 3.63) is 45.6 Å². The quantitative estimate of drug-likeness (QED) is 0.0878. The SMILES string of the molecule is C.C=C(C)C1=C(C)C2(O)C(O)(C1=O)[C@@]1(C)CC(=O)OC23C(OCC)C(C)CC[C@@]31OCC.CCOC1C(C)CCC2(OCC)C3(C)CC(=O)OC12C1(O)C(C)=C(C)C(=O)C31O.CCOC1C(C)CC[C@@]2(OCC)C13OC(=O)C[C@]2(C)C1(O)C(=O)C(C)=C(C)C13O. The highest BCUT2D eigenvalue weighted by atomic mass is 16.7. The standard InChI is InChI=1S/C24H34O7.2C22H32O7.CH4/c1-8-29-19-14(5)10-11-21(30-9-2)20(7)12-16(25)31-24(19,21)22(27)15(6)17(13(3)4)18(26)23(20,22)28;2*1-7-27-17-12(3)9-10-19(28-8-2)18(6)11-15(23)29-22(17,19)20(25)14(5)13(4)16(24)21(18,20)26;/h14,19,27-28H,3,8-12H2,1-2,4-7H3;2*12,17,25-26H,7-11H2,1-6H3;1H4/t14?,19?,20-,21-,22?,23?,24?;12?,17?,18-,19-,20?,21?,22?;;/m00../s1. The molecule has 0 spiro atoms. The number of fused-ring (bicyclic) bond motifs is 6. The van der Waals surface area contributed by atoms with Crippen molar-refractivity contribution in [1.82, 2.24) is 0 Å². The van der Waals surface area contributed by atoms with E-state index in [1.165, 1.54) is 0 Å². The maximum atomic E-state index is 13.9. The van der Waals surface area contributed by atoms with Crippen LogP contribution in [0.4, 0.5) is 0 Å². The molecule has 3 heterocycles. The Morgan fingerprint density at radius 2 is 0.700 bits per heavy atom. The van der Waals surface area contributed by atoms with Crippen LogP contribution in [0.2, 0.25) is 0 Å². The van der Waals surface area contributed by atoms with E-state index in [9.17, 15) is 59.4 Å². The molecule has 21 atom stereocenters. The predicted molar refractivity (Wildman–Crippen MR) is 325 cm³/mol. The number of ketones is 3. The van der Waals surface area contributed by atoms with Crippen LogP contribution >= 0.6 is 0 Å². The van der Waals surface area contributed by atoms with Crippen molar-refractivity contribution in [1.29, 1.82) is 0 Å². The summed E-state index contributed by atoms with van der Waals surface area (Å²) in [6.07, 6.45) is 0.464. The van der Waals surface area contributed by atoms with Gasteiger partial charge in [0.1, 0.15) is 35.1 Å². The summed E-state index contributed by atoms with van der Waals surface area (Å²) in [7, 11) is 0. The Hall–Kier alpha value is -4.10. The molecule has 12 rings (SSSR count). The molecule has 0 aromatic carbocycles. The van der Waals surface area contributed by atoms with Gasteiger partial charge < -0.3 is 73.3 Å². The number of aliphatic hydroxyl groups is 6. The average molecular weight is 1270 g/mol. The number of ether oxygens (including phenoxy) is 9. The summed E-state index contributed by atoms with van der Waals surface area (Å²) in [5, 5.41) is 73.9. The van der Waals surface area contributed by atoms with Crippen molar-refractivity contribution >= 4 is 35.3 Å². The van der Waals surface area contributed by atoms with Crippen molar-refractivity contribution in [2.24, 2.45) is 34.0 Å². The Labute approximate surface area is 530 Å². The summed E-state index contributed by atoms with van der Waals surface area (Å²) in [5.74, 6) is -3.70. The van der Waals surface area contributed by atoms with Gasteiger partial charge in [0, 0.05) is 45.2 Å². The van der Waals surface area contributed by atoms with Gasteiger partial charge in [0.2, 0.25) is 16.8 Å². The molecular formula is C69H102O21. The van der Waals surface area contributed by atoms with Crippen molar-refractivity contribution < 1.29 is 102 Å². The third kappa shape index (κ3) is 6.68. The first kappa shape index (κ1) is 70.2. The molecule has 3 aliphatic heterocycles. The monoisotopic (exact) mass is 1270 g/mol. The van der Waals surface area contributed by atoms with Crippen LogP contribution in [0.1, 0.15) is 190 Å². The van der Waals surface area contributed by atoms with Crippen LogP contribution in [0.5, 0.6) is 0 Å². The number of allylic oxidation sites excluding steroid dienone is 1. The predicted octanol–water partition coefficient (Wildman–Crippen LogP) is 6.24. The van der Waals surface area contributed by atoms with E-state index in [0.717, 1.165) is 0 Å². The number of rotatable bonds is 13. The van der Waals surface area contributed by atoms with E-state index in [1.807, 2.05) is 62.3 Å². The molecule has 6 saturated carbocycles. The molecule has 0 aromatic rings. The van der Waals surface area contributed by atoms with E-state index in [2.05, 4.69) is 6.58 Å². The van der Waals surface area contributed by atoms with Crippen molar-refractivity contribution in [2.45, 2.75) is 275 Å². The number of carbonyl (C=O) groups is 6. The molecule has 0 radical (unpaired) electrons. The zero-order valence-electron chi connectivity index (χ0n) is 55.6. The molecule has 90 heavy (non-hydrogen) atoms. The summed E-state index contributed by atoms with van der Waals surface area (Å²) in [6, 6.07) is 0. The number of esters is 3. The van der Waals surface area contributed by atoms with Gasteiger partial charge in [-0.3, -0.25) is 28.8 Å². The van der Waals surface area contributed by atoms with Crippen LogP contribution in [0.25, 0.3) is 0 Å². The molecule has 9 aliphatic carbocycles. The average Bonchev–Trinajstić information content (AvgIpc) is 1.46. The van der Waals surface area contributed by atoms with Crippen LogP contribution in [0.3, 0.4) is 0 Å². The van der Waals surface area contributed by atoms with Gasteiger partial charge in [-0.25, -0.2) is 0 Å². The normalized spacial score (nSPS) is 49.7. The van der Waals surface area contributed by atoms with Crippen LogP contribution in [-0.2, 0) is 71.4 Å². The molecule has 6 bridgehead atoms. The minimum Gasteiger partial charge on any atom is -0.449 e. The second-order valence-corrected chi connectivity index (χ2v) is 28.6. The van der Waals surface area contributed by atoms with Gasteiger partial charge in [0.15, 0.2) is 51.0 Å². The van der Waals surface area contributed by atoms with Gasteiger partial charge in [-0.2, -0.15) is 0 Å². The summed E-state index contributed by atoms with van der Waals surface area (Å²) in [6.45, 7) is 37.5. The van der Waals surface area contributed by atoms with Gasteiger partial charge in [-0.15, -0.1) is 0 Å². The Bertz CT molecular complexity index is 3070. The minimum absolute atomic E-state index is 0. The Morgan fingerprint density at radius 3 is 0.944 bits per heavy atom. The van der Waals surface area contributed by atoms with E-state index in [4.69, 9.17) is 42.6 Å². The zero-order chi connectivity index (χ0) is 66.4. The lowest BCUT2D eigenvalue weighted by molar-refractivity contribution is -0.325. The molecule has 21 nitrogen and oxygen atoms in total.